The topological polar surface area (TPSA) is 66.5 Å². The third-order valence-electron chi connectivity index (χ3n) is 2.75. The Labute approximate surface area is 110 Å². The van der Waals surface area contributed by atoms with Gasteiger partial charge in [-0.3, -0.25) is 4.79 Å². The summed E-state index contributed by atoms with van der Waals surface area (Å²) in [6.07, 6.45) is 0.543. The largest absolute Gasteiger partial charge is 0.480 e. The van der Waals surface area contributed by atoms with Crippen molar-refractivity contribution in [2.75, 3.05) is 32.6 Å². The molecule has 2 N–H and O–H groups in total. The van der Waals surface area contributed by atoms with Crippen molar-refractivity contribution in [3.05, 3.63) is 4.88 Å². The van der Waals surface area contributed by atoms with Crippen LogP contribution < -0.4 is 20.3 Å². The zero-order valence-electron chi connectivity index (χ0n) is 10.8. The van der Waals surface area contributed by atoms with Crippen molar-refractivity contribution in [3.63, 3.8) is 0 Å². The number of ether oxygens (including phenoxy) is 1. The van der Waals surface area contributed by atoms with E-state index in [1.54, 1.807) is 18.4 Å². The molecule has 2 heterocycles. The van der Waals surface area contributed by atoms with Crippen LogP contribution in [0.4, 0.5) is 5.13 Å². The molecule has 0 radical (unpaired) electrons. The second-order valence-electron chi connectivity index (χ2n) is 4.41. The number of aromatic nitrogens is 1. The summed E-state index contributed by atoms with van der Waals surface area (Å²) in [5, 5.41) is 7.07. The fourth-order valence-electron chi connectivity index (χ4n) is 1.77. The molecule has 7 heteroatoms. The summed E-state index contributed by atoms with van der Waals surface area (Å²) in [4.78, 5) is 18.5. The molecule has 1 amide bonds. The SMILES string of the molecule is COc1nc(N(C)C)sc1CNC1CNC(=O)C1. The molecule has 0 aliphatic carbocycles. The zero-order valence-corrected chi connectivity index (χ0v) is 11.6. The number of nitrogens with zero attached hydrogens (tertiary/aromatic N) is 2. The Kier molecular flexibility index (Phi) is 4.03. The molecular weight excluding hydrogens is 252 g/mol. The number of rotatable bonds is 5. The highest BCUT2D eigenvalue weighted by Crippen LogP contribution is 2.30. The highest BCUT2D eigenvalue weighted by atomic mass is 32.1. The van der Waals surface area contributed by atoms with Crippen molar-refractivity contribution in [3.8, 4) is 5.88 Å². The van der Waals surface area contributed by atoms with Crippen LogP contribution in [0.5, 0.6) is 5.88 Å². The van der Waals surface area contributed by atoms with Crippen LogP contribution in [0.2, 0.25) is 0 Å². The second kappa shape index (κ2) is 5.53. The average molecular weight is 270 g/mol. The lowest BCUT2D eigenvalue weighted by Gasteiger charge is -2.09. The van der Waals surface area contributed by atoms with E-state index in [4.69, 9.17) is 4.74 Å². The van der Waals surface area contributed by atoms with E-state index >= 15 is 0 Å². The first-order valence-corrected chi connectivity index (χ1v) is 6.63. The van der Waals surface area contributed by atoms with Crippen LogP contribution in [0.1, 0.15) is 11.3 Å². The quantitative estimate of drug-likeness (QED) is 0.800. The fourth-order valence-corrected chi connectivity index (χ4v) is 2.68. The van der Waals surface area contributed by atoms with E-state index in [1.807, 2.05) is 19.0 Å². The molecule has 1 fully saturated rings. The summed E-state index contributed by atoms with van der Waals surface area (Å²) >= 11 is 1.60. The maximum absolute atomic E-state index is 11.1. The van der Waals surface area contributed by atoms with E-state index in [-0.39, 0.29) is 11.9 Å². The van der Waals surface area contributed by atoms with Crippen molar-refractivity contribution in [2.24, 2.45) is 0 Å². The number of carbonyl (C=O) groups is 1. The summed E-state index contributed by atoms with van der Waals surface area (Å²) in [7, 11) is 5.53. The fraction of sp³-hybridized carbons (Fsp3) is 0.636. The van der Waals surface area contributed by atoms with Gasteiger partial charge in [0.2, 0.25) is 11.8 Å². The molecule has 1 unspecified atom stereocenters. The molecule has 1 aliphatic heterocycles. The molecule has 1 atom stereocenters. The summed E-state index contributed by atoms with van der Waals surface area (Å²) in [6, 6.07) is 0.201. The molecule has 18 heavy (non-hydrogen) atoms. The van der Waals surface area contributed by atoms with Crippen LogP contribution in [-0.4, -0.2) is 44.7 Å². The smallest absolute Gasteiger partial charge is 0.230 e. The number of amides is 1. The van der Waals surface area contributed by atoms with E-state index in [9.17, 15) is 4.79 Å². The number of hydrogen-bond donors (Lipinski definition) is 2. The van der Waals surface area contributed by atoms with Crippen LogP contribution in [0.15, 0.2) is 0 Å². The lowest BCUT2D eigenvalue weighted by Crippen LogP contribution is -2.30. The number of anilines is 1. The van der Waals surface area contributed by atoms with Gasteiger partial charge in [0.25, 0.3) is 0 Å². The first-order chi connectivity index (χ1) is 8.60. The molecule has 100 valence electrons. The van der Waals surface area contributed by atoms with Crippen LogP contribution in [0, 0.1) is 0 Å². The highest BCUT2D eigenvalue weighted by molar-refractivity contribution is 7.15. The minimum Gasteiger partial charge on any atom is -0.480 e. The predicted molar refractivity (Wildman–Crippen MR) is 71.2 cm³/mol. The van der Waals surface area contributed by atoms with E-state index < -0.39 is 0 Å². The van der Waals surface area contributed by atoms with Crippen molar-refractivity contribution in [1.82, 2.24) is 15.6 Å². The van der Waals surface area contributed by atoms with Crippen molar-refractivity contribution >= 4 is 22.4 Å². The normalized spacial score (nSPS) is 18.8. The minimum atomic E-state index is 0.109. The molecule has 0 bridgehead atoms. The minimum absolute atomic E-state index is 0.109. The molecule has 1 aromatic heterocycles. The molecule has 0 spiro atoms. The van der Waals surface area contributed by atoms with E-state index in [1.165, 1.54) is 0 Å². The summed E-state index contributed by atoms with van der Waals surface area (Å²) in [5.74, 6) is 0.770. The van der Waals surface area contributed by atoms with Gasteiger partial charge in [-0.15, -0.1) is 0 Å². The second-order valence-corrected chi connectivity index (χ2v) is 5.47. The molecule has 0 saturated carbocycles. The monoisotopic (exact) mass is 270 g/mol. The first-order valence-electron chi connectivity index (χ1n) is 5.81. The number of carbonyl (C=O) groups excluding carboxylic acids is 1. The summed E-state index contributed by atoms with van der Waals surface area (Å²) in [6.45, 7) is 1.37. The number of nitrogens with one attached hydrogen (secondary N) is 2. The maximum atomic E-state index is 11.1. The highest BCUT2D eigenvalue weighted by Gasteiger charge is 2.22. The van der Waals surface area contributed by atoms with Crippen LogP contribution in [0.3, 0.4) is 0 Å². The van der Waals surface area contributed by atoms with Gasteiger partial charge in [-0.2, -0.15) is 4.98 Å². The van der Waals surface area contributed by atoms with Gasteiger partial charge in [-0.1, -0.05) is 11.3 Å². The maximum Gasteiger partial charge on any atom is 0.230 e. The Morgan fingerprint density at radius 2 is 2.39 bits per heavy atom. The molecule has 1 saturated heterocycles. The molecule has 2 rings (SSSR count). The van der Waals surface area contributed by atoms with E-state index in [0.29, 0.717) is 25.4 Å². The Morgan fingerprint density at radius 1 is 1.61 bits per heavy atom. The number of thiazole rings is 1. The van der Waals surface area contributed by atoms with Gasteiger partial charge in [-0.05, 0) is 0 Å². The van der Waals surface area contributed by atoms with Gasteiger partial charge >= 0.3 is 0 Å². The Hall–Kier alpha value is -1.34. The lowest BCUT2D eigenvalue weighted by molar-refractivity contribution is -0.119. The Balaban J connectivity index is 1.97. The Morgan fingerprint density at radius 3 is 2.94 bits per heavy atom. The Bertz CT molecular complexity index is 433. The molecular formula is C11H18N4O2S. The van der Waals surface area contributed by atoms with Gasteiger partial charge in [0.05, 0.1) is 12.0 Å². The van der Waals surface area contributed by atoms with Gasteiger partial charge in [0.15, 0.2) is 5.13 Å². The molecule has 1 aliphatic rings. The number of hydrogen-bond acceptors (Lipinski definition) is 6. The summed E-state index contributed by atoms with van der Waals surface area (Å²) in [5.41, 5.74) is 0. The number of methoxy groups -OCH3 is 1. The van der Waals surface area contributed by atoms with Crippen LogP contribution in [0.25, 0.3) is 0 Å². The van der Waals surface area contributed by atoms with Crippen LogP contribution >= 0.6 is 11.3 Å². The van der Waals surface area contributed by atoms with Crippen molar-refractivity contribution < 1.29 is 9.53 Å². The third-order valence-corrected chi connectivity index (χ3v) is 3.96. The molecule has 0 aromatic carbocycles. The van der Waals surface area contributed by atoms with Gasteiger partial charge < -0.3 is 20.3 Å². The molecule has 6 nitrogen and oxygen atoms in total. The van der Waals surface area contributed by atoms with Gasteiger partial charge in [0.1, 0.15) is 0 Å². The van der Waals surface area contributed by atoms with E-state index in [0.717, 1.165) is 10.0 Å². The van der Waals surface area contributed by atoms with Gasteiger partial charge in [0, 0.05) is 39.6 Å². The standard InChI is InChI=1S/C11H18N4O2S/c1-15(2)11-14-10(17-3)8(18-11)6-12-7-4-9(16)13-5-7/h7,12H,4-6H2,1-3H3,(H,13,16). The first kappa shape index (κ1) is 13.1. The van der Waals surface area contributed by atoms with E-state index in [2.05, 4.69) is 15.6 Å². The third kappa shape index (κ3) is 2.91. The summed E-state index contributed by atoms with van der Waals surface area (Å²) < 4.78 is 5.26. The zero-order chi connectivity index (χ0) is 13.1. The van der Waals surface area contributed by atoms with Crippen LogP contribution in [-0.2, 0) is 11.3 Å². The molecule has 1 aromatic rings. The lowest BCUT2D eigenvalue weighted by atomic mass is 10.2. The van der Waals surface area contributed by atoms with Crippen molar-refractivity contribution in [2.45, 2.75) is 19.0 Å². The average Bonchev–Trinajstić information content (AvgIpc) is 2.92. The predicted octanol–water partition coefficient (Wildman–Crippen LogP) is 0.196. The van der Waals surface area contributed by atoms with Gasteiger partial charge in [-0.25, -0.2) is 0 Å². The van der Waals surface area contributed by atoms with Crippen molar-refractivity contribution in [1.29, 1.82) is 0 Å².